The molecule has 4 nitrogen and oxygen atoms in total. The third kappa shape index (κ3) is 2.96. The smallest absolute Gasteiger partial charge is 0.450 e. The monoisotopic (exact) mass is 226 g/mol. The summed E-state index contributed by atoms with van der Waals surface area (Å²) in [5.74, 6) is 0. The predicted octanol–water partition coefficient (Wildman–Crippen LogP) is 2.47. The van der Waals surface area contributed by atoms with Gasteiger partial charge in [0, 0.05) is 5.30 Å². The van der Waals surface area contributed by atoms with Gasteiger partial charge in [0.05, 0.1) is 6.16 Å². The van der Waals surface area contributed by atoms with Crippen LogP contribution >= 0.6 is 7.37 Å². The van der Waals surface area contributed by atoms with Crippen molar-refractivity contribution in [1.82, 2.24) is 0 Å². The normalized spacial score (nSPS) is 13.9. The molecule has 0 heterocycles. The van der Waals surface area contributed by atoms with E-state index in [-0.39, 0.29) is 6.16 Å². The van der Waals surface area contributed by atoms with Crippen LogP contribution in [-0.4, -0.2) is 17.4 Å². The van der Waals surface area contributed by atoms with Gasteiger partial charge in [-0.1, -0.05) is 24.3 Å². The third-order valence-electron chi connectivity index (χ3n) is 1.74. The molecule has 1 unspecified atom stereocenters. The first-order chi connectivity index (χ1) is 7.08. The molecule has 1 atom stereocenters. The van der Waals surface area contributed by atoms with Crippen LogP contribution in [0.4, 0.5) is 4.79 Å². The first-order valence-electron chi connectivity index (χ1n) is 4.26. The fourth-order valence-corrected chi connectivity index (χ4v) is 2.76. The standard InChI is InChI=1S/C10H11O4P/c1-2-8-15(13,14-10(11)12)9-6-4-3-5-7-9/h2-7H,1,8H2,(H,11,12). The fraction of sp³-hybridized carbons (Fsp3) is 0.100. The molecule has 1 rings (SSSR count). The van der Waals surface area contributed by atoms with Gasteiger partial charge in [0.2, 0.25) is 0 Å². The highest BCUT2D eigenvalue weighted by Crippen LogP contribution is 2.45. The summed E-state index contributed by atoms with van der Waals surface area (Å²) in [6.45, 7) is 3.43. The molecule has 1 N–H and O–H groups in total. The topological polar surface area (TPSA) is 63.6 Å². The molecule has 0 bridgehead atoms. The Kier molecular flexibility index (Phi) is 3.69. The van der Waals surface area contributed by atoms with Crippen LogP contribution < -0.4 is 5.30 Å². The van der Waals surface area contributed by atoms with E-state index in [9.17, 15) is 9.36 Å². The van der Waals surface area contributed by atoms with E-state index in [1.54, 1.807) is 30.3 Å². The Balaban J connectivity index is 3.06. The summed E-state index contributed by atoms with van der Waals surface area (Å²) < 4.78 is 16.6. The van der Waals surface area contributed by atoms with Crippen LogP contribution in [-0.2, 0) is 9.09 Å². The highest BCUT2D eigenvalue weighted by atomic mass is 31.2. The molecule has 0 radical (unpaired) electrons. The number of carbonyl (C=O) groups is 1. The summed E-state index contributed by atoms with van der Waals surface area (Å²) in [4.78, 5) is 10.4. The first kappa shape index (κ1) is 11.5. The van der Waals surface area contributed by atoms with Crippen LogP contribution in [0.3, 0.4) is 0 Å². The van der Waals surface area contributed by atoms with E-state index in [1.165, 1.54) is 6.08 Å². The third-order valence-corrected chi connectivity index (χ3v) is 4.02. The maximum atomic E-state index is 12.2. The average molecular weight is 226 g/mol. The van der Waals surface area contributed by atoms with E-state index in [0.29, 0.717) is 5.30 Å². The molecule has 0 amide bonds. The van der Waals surface area contributed by atoms with Crippen molar-refractivity contribution in [1.29, 1.82) is 0 Å². The van der Waals surface area contributed by atoms with Gasteiger partial charge in [0.25, 0.3) is 7.37 Å². The van der Waals surface area contributed by atoms with Crippen LogP contribution in [0.5, 0.6) is 0 Å². The van der Waals surface area contributed by atoms with Crippen molar-refractivity contribution in [3.05, 3.63) is 43.0 Å². The summed E-state index contributed by atoms with van der Waals surface area (Å²) in [5.41, 5.74) is 0. The summed E-state index contributed by atoms with van der Waals surface area (Å²) in [6, 6.07) is 8.26. The van der Waals surface area contributed by atoms with Crippen molar-refractivity contribution in [2.24, 2.45) is 0 Å². The van der Waals surface area contributed by atoms with Gasteiger partial charge < -0.3 is 9.63 Å². The summed E-state index contributed by atoms with van der Waals surface area (Å²) in [5, 5.41) is 8.89. The van der Waals surface area contributed by atoms with Gasteiger partial charge in [-0.2, -0.15) is 0 Å². The van der Waals surface area contributed by atoms with Gasteiger partial charge in [-0.3, -0.25) is 4.57 Å². The molecule has 0 saturated heterocycles. The lowest BCUT2D eigenvalue weighted by molar-refractivity contribution is 0.146. The molecule has 80 valence electrons. The van der Waals surface area contributed by atoms with Crippen molar-refractivity contribution < 1.29 is 19.0 Å². The van der Waals surface area contributed by atoms with Gasteiger partial charge in [-0.05, 0) is 12.1 Å². The van der Waals surface area contributed by atoms with Crippen molar-refractivity contribution >= 4 is 18.8 Å². The molecule has 0 saturated carbocycles. The second kappa shape index (κ2) is 4.80. The van der Waals surface area contributed by atoms with E-state index < -0.39 is 13.5 Å². The van der Waals surface area contributed by atoms with E-state index in [1.807, 2.05) is 0 Å². The minimum absolute atomic E-state index is 0.00329. The number of benzene rings is 1. The van der Waals surface area contributed by atoms with Crippen LogP contribution in [0.1, 0.15) is 0 Å². The number of allylic oxidation sites excluding steroid dienone is 1. The Bertz CT molecular complexity index is 399. The molecule has 0 aliphatic rings. The lowest BCUT2D eigenvalue weighted by atomic mass is 10.4. The number of hydrogen-bond acceptors (Lipinski definition) is 3. The number of hydrogen-bond donors (Lipinski definition) is 1. The molecule has 0 aliphatic carbocycles. The summed E-state index contributed by atoms with van der Waals surface area (Å²) in [7, 11) is -3.35. The van der Waals surface area contributed by atoms with Gasteiger partial charge >= 0.3 is 6.16 Å². The zero-order valence-electron chi connectivity index (χ0n) is 8.00. The minimum atomic E-state index is -3.35. The van der Waals surface area contributed by atoms with Gasteiger partial charge in [-0.15, -0.1) is 6.58 Å². The second-order valence-electron chi connectivity index (χ2n) is 2.84. The minimum Gasteiger partial charge on any atom is -0.450 e. The number of rotatable bonds is 4. The predicted molar refractivity (Wildman–Crippen MR) is 57.9 cm³/mol. The van der Waals surface area contributed by atoms with Crippen molar-refractivity contribution in [3.63, 3.8) is 0 Å². The lowest BCUT2D eigenvalue weighted by Gasteiger charge is -2.14. The van der Waals surface area contributed by atoms with Gasteiger partial charge in [-0.25, -0.2) is 4.79 Å². The van der Waals surface area contributed by atoms with E-state index in [4.69, 9.17) is 5.11 Å². The first-order valence-corrected chi connectivity index (χ1v) is 6.07. The zero-order valence-corrected chi connectivity index (χ0v) is 8.89. The Labute approximate surface area is 87.6 Å². The molecule has 0 spiro atoms. The molecule has 0 fully saturated rings. The average Bonchev–Trinajstić information content (AvgIpc) is 2.18. The Morgan fingerprint density at radius 2 is 2.07 bits per heavy atom. The molecule has 1 aromatic rings. The van der Waals surface area contributed by atoms with Crippen LogP contribution in [0, 0.1) is 0 Å². The molecular formula is C10H11O4P. The van der Waals surface area contributed by atoms with Crippen molar-refractivity contribution in [2.75, 3.05) is 6.16 Å². The second-order valence-corrected chi connectivity index (χ2v) is 5.25. The Morgan fingerprint density at radius 1 is 1.47 bits per heavy atom. The largest absolute Gasteiger partial charge is 0.511 e. The van der Waals surface area contributed by atoms with Crippen LogP contribution in [0.2, 0.25) is 0 Å². The maximum Gasteiger partial charge on any atom is 0.511 e. The molecule has 1 aromatic carbocycles. The SMILES string of the molecule is C=CCP(=O)(OC(=O)O)c1ccccc1. The highest BCUT2D eigenvalue weighted by molar-refractivity contribution is 7.67. The molecular weight excluding hydrogens is 215 g/mol. The summed E-state index contributed by atoms with van der Waals surface area (Å²) >= 11 is 0. The quantitative estimate of drug-likeness (QED) is 0.632. The van der Waals surface area contributed by atoms with Crippen molar-refractivity contribution in [3.8, 4) is 0 Å². The van der Waals surface area contributed by atoms with Gasteiger partial charge in [0.15, 0.2) is 0 Å². The van der Waals surface area contributed by atoms with Gasteiger partial charge in [0.1, 0.15) is 0 Å². The van der Waals surface area contributed by atoms with Crippen LogP contribution in [0.15, 0.2) is 43.0 Å². The van der Waals surface area contributed by atoms with E-state index in [0.717, 1.165) is 0 Å². The molecule has 0 aliphatic heterocycles. The fourth-order valence-electron chi connectivity index (χ4n) is 1.15. The Morgan fingerprint density at radius 3 is 2.53 bits per heavy atom. The lowest BCUT2D eigenvalue weighted by Crippen LogP contribution is -2.12. The van der Waals surface area contributed by atoms with Crippen molar-refractivity contribution in [2.45, 2.75) is 0 Å². The molecule has 0 aromatic heterocycles. The highest BCUT2D eigenvalue weighted by Gasteiger charge is 2.27. The van der Waals surface area contributed by atoms with E-state index in [2.05, 4.69) is 11.1 Å². The zero-order chi connectivity index (χ0) is 11.3. The molecule has 15 heavy (non-hydrogen) atoms. The number of carboxylic acid groups (broad SMARTS) is 1. The van der Waals surface area contributed by atoms with E-state index >= 15 is 0 Å². The summed E-state index contributed by atoms with van der Waals surface area (Å²) in [6.07, 6.45) is -0.149. The van der Waals surface area contributed by atoms with Crippen LogP contribution in [0.25, 0.3) is 0 Å². The maximum absolute atomic E-state index is 12.2. The molecule has 5 heteroatoms. The Hall–Kier alpha value is -1.54.